The Hall–Kier alpha value is -1.64. The summed E-state index contributed by atoms with van der Waals surface area (Å²) in [6.45, 7) is 0.172. The molecule has 0 aliphatic carbocycles. The minimum Gasteiger partial charge on any atom is -0.484 e. The molecule has 1 aromatic carbocycles. The number of halogens is 1. The van der Waals surface area contributed by atoms with Gasteiger partial charge in [0.05, 0.1) is 9.92 Å². The smallest absolute Gasteiger partial charge is 0.238 e. The van der Waals surface area contributed by atoms with E-state index in [1.165, 1.54) is 18.2 Å². The highest BCUT2D eigenvalue weighted by atomic mass is 35.5. The van der Waals surface area contributed by atoms with Crippen molar-refractivity contribution in [2.45, 2.75) is 11.5 Å². The summed E-state index contributed by atoms with van der Waals surface area (Å²) in [6, 6.07) is 4.01. The minimum atomic E-state index is -3.77. The predicted octanol–water partition coefficient (Wildman–Crippen LogP) is 0.695. The maximum absolute atomic E-state index is 11.1. The molecule has 9 heteroatoms. The van der Waals surface area contributed by atoms with Gasteiger partial charge in [0.2, 0.25) is 10.0 Å². The van der Waals surface area contributed by atoms with Crippen LogP contribution in [-0.4, -0.2) is 23.2 Å². The number of sulfonamides is 1. The van der Waals surface area contributed by atoms with Gasteiger partial charge in [-0.25, -0.2) is 13.6 Å². The first-order valence-corrected chi connectivity index (χ1v) is 7.08. The first-order valence-electron chi connectivity index (χ1n) is 5.16. The van der Waals surface area contributed by atoms with Crippen LogP contribution in [0.2, 0.25) is 5.02 Å². The average Bonchev–Trinajstić information content (AvgIpc) is 2.72. The fourth-order valence-electron chi connectivity index (χ4n) is 1.36. The third-order valence-electron chi connectivity index (χ3n) is 2.39. The molecule has 0 spiro atoms. The van der Waals surface area contributed by atoms with Gasteiger partial charge in [-0.3, -0.25) is 0 Å². The molecule has 0 unspecified atom stereocenters. The van der Waals surface area contributed by atoms with Crippen molar-refractivity contribution >= 4 is 21.6 Å². The van der Waals surface area contributed by atoms with E-state index in [1.54, 1.807) is 17.9 Å². The van der Waals surface area contributed by atoms with Gasteiger partial charge in [0.15, 0.2) is 5.82 Å². The van der Waals surface area contributed by atoms with Crippen molar-refractivity contribution in [3.63, 3.8) is 0 Å². The average molecular weight is 303 g/mol. The molecule has 0 aliphatic rings. The van der Waals surface area contributed by atoms with Crippen molar-refractivity contribution in [2.75, 3.05) is 0 Å². The van der Waals surface area contributed by atoms with Crippen molar-refractivity contribution in [3.05, 3.63) is 35.4 Å². The highest BCUT2D eigenvalue weighted by molar-refractivity contribution is 7.89. The van der Waals surface area contributed by atoms with E-state index in [9.17, 15) is 8.42 Å². The number of aryl methyl sites for hydroxylation is 1. The van der Waals surface area contributed by atoms with Crippen LogP contribution in [0.3, 0.4) is 0 Å². The van der Waals surface area contributed by atoms with Crippen LogP contribution in [0.5, 0.6) is 5.75 Å². The van der Waals surface area contributed by atoms with Crippen molar-refractivity contribution in [1.82, 2.24) is 14.8 Å². The second kappa shape index (κ2) is 5.16. The number of nitrogens with two attached hydrogens (primary N) is 1. The second-order valence-electron chi connectivity index (χ2n) is 3.78. The van der Waals surface area contributed by atoms with Gasteiger partial charge in [-0.05, 0) is 18.2 Å². The van der Waals surface area contributed by atoms with Crippen LogP contribution in [-0.2, 0) is 23.7 Å². The van der Waals surface area contributed by atoms with Crippen LogP contribution in [0.4, 0.5) is 0 Å². The summed E-state index contributed by atoms with van der Waals surface area (Å²) in [4.78, 5) is -0.0662. The summed E-state index contributed by atoms with van der Waals surface area (Å²) in [5.41, 5.74) is 0. The van der Waals surface area contributed by atoms with E-state index in [0.717, 1.165) is 0 Å². The molecular weight excluding hydrogens is 292 g/mol. The van der Waals surface area contributed by atoms with Gasteiger partial charge in [-0.2, -0.15) is 0 Å². The molecule has 102 valence electrons. The molecule has 19 heavy (non-hydrogen) atoms. The van der Waals surface area contributed by atoms with E-state index in [-0.39, 0.29) is 16.5 Å². The van der Waals surface area contributed by atoms with Gasteiger partial charge in [0.25, 0.3) is 0 Å². The number of rotatable bonds is 4. The highest BCUT2D eigenvalue weighted by Gasteiger charge is 2.12. The lowest BCUT2D eigenvalue weighted by molar-refractivity contribution is 0.291. The number of primary sulfonamides is 1. The Morgan fingerprint density at radius 2 is 2.21 bits per heavy atom. The molecule has 2 N–H and O–H groups in total. The number of nitrogens with zero attached hydrogens (tertiary/aromatic N) is 3. The highest BCUT2D eigenvalue weighted by Crippen LogP contribution is 2.27. The van der Waals surface area contributed by atoms with Crippen LogP contribution < -0.4 is 9.88 Å². The van der Waals surface area contributed by atoms with Crippen molar-refractivity contribution in [1.29, 1.82) is 0 Å². The monoisotopic (exact) mass is 302 g/mol. The summed E-state index contributed by atoms with van der Waals surface area (Å²) in [5.74, 6) is 0.962. The van der Waals surface area contributed by atoms with Gasteiger partial charge >= 0.3 is 0 Å². The molecule has 0 bridgehead atoms. The fraction of sp³-hybridized carbons (Fsp3) is 0.200. The van der Waals surface area contributed by atoms with Gasteiger partial charge in [0.1, 0.15) is 18.7 Å². The quantitative estimate of drug-likeness (QED) is 0.896. The zero-order valence-corrected chi connectivity index (χ0v) is 11.5. The summed E-state index contributed by atoms with van der Waals surface area (Å²) in [6.07, 6.45) is 1.55. The van der Waals surface area contributed by atoms with Crippen molar-refractivity contribution < 1.29 is 13.2 Å². The van der Waals surface area contributed by atoms with E-state index in [2.05, 4.69) is 10.2 Å². The first-order chi connectivity index (χ1) is 8.88. The molecule has 0 saturated carbocycles. The van der Waals surface area contributed by atoms with Gasteiger partial charge in [-0.1, -0.05) is 11.6 Å². The summed E-state index contributed by atoms with van der Waals surface area (Å²) in [7, 11) is -1.99. The Labute approximate surface area is 115 Å². The van der Waals surface area contributed by atoms with E-state index < -0.39 is 10.0 Å². The Kier molecular flexibility index (Phi) is 3.74. The zero-order chi connectivity index (χ0) is 14.0. The van der Waals surface area contributed by atoms with E-state index in [0.29, 0.717) is 11.6 Å². The lowest BCUT2D eigenvalue weighted by Gasteiger charge is -2.08. The Morgan fingerprint density at radius 1 is 1.47 bits per heavy atom. The molecule has 0 amide bonds. The largest absolute Gasteiger partial charge is 0.484 e. The molecule has 0 radical (unpaired) electrons. The number of aromatic nitrogens is 3. The van der Waals surface area contributed by atoms with Crippen LogP contribution in [0, 0.1) is 0 Å². The number of hydrogen-bond donors (Lipinski definition) is 1. The third kappa shape index (κ3) is 3.22. The topological polar surface area (TPSA) is 100 Å². The molecule has 1 heterocycles. The molecule has 1 aromatic heterocycles. The Bertz CT molecular complexity index is 699. The second-order valence-corrected chi connectivity index (χ2v) is 5.75. The van der Waals surface area contributed by atoms with Crippen LogP contribution in [0.1, 0.15) is 5.82 Å². The Balaban J connectivity index is 2.16. The third-order valence-corrected chi connectivity index (χ3v) is 3.60. The predicted molar refractivity (Wildman–Crippen MR) is 68.2 cm³/mol. The van der Waals surface area contributed by atoms with Crippen LogP contribution >= 0.6 is 11.6 Å². The minimum absolute atomic E-state index is 0.0662. The zero-order valence-electron chi connectivity index (χ0n) is 9.95. The van der Waals surface area contributed by atoms with E-state index in [4.69, 9.17) is 21.5 Å². The lowest BCUT2D eigenvalue weighted by atomic mass is 10.3. The fourth-order valence-corrected chi connectivity index (χ4v) is 2.20. The lowest BCUT2D eigenvalue weighted by Crippen LogP contribution is -2.12. The summed E-state index contributed by atoms with van der Waals surface area (Å²) < 4.78 is 29.4. The van der Waals surface area contributed by atoms with E-state index >= 15 is 0 Å². The molecule has 0 aliphatic heterocycles. The molecule has 0 fully saturated rings. The molecule has 0 saturated heterocycles. The number of hydrogen-bond acceptors (Lipinski definition) is 5. The SMILES string of the molecule is Cn1cnnc1COc1ccc(S(N)(=O)=O)cc1Cl. The molecule has 0 atom stereocenters. The number of benzene rings is 1. The number of ether oxygens (including phenoxy) is 1. The Morgan fingerprint density at radius 3 is 2.74 bits per heavy atom. The summed E-state index contributed by atoms with van der Waals surface area (Å²) in [5, 5.41) is 12.7. The standard InChI is InChI=1S/C10H11ClN4O3S/c1-15-6-13-14-10(15)5-18-9-3-2-7(4-8(9)11)19(12,16)17/h2-4,6H,5H2,1H3,(H2,12,16,17). The van der Waals surface area contributed by atoms with Gasteiger partial charge < -0.3 is 9.30 Å². The molecule has 7 nitrogen and oxygen atoms in total. The van der Waals surface area contributed by atoms with Gasteiger partial charge in [-0.15, -0.1) is 10.2 Å². The van der Waals surface area contributed by atoms with Crippen LogP contribution in [0.25, 0.3) is 0 Å². The summed E-state index contributed by atoms with van der Waals surface area (Å²) >= 11 is 5.93. The molecular formula is C10H11ClN4O3S. The van der Waals surface area contributed by atoms with Gasteiger partial charge in [0, 0.05) is 7.05 Å². The van der Waals surface area contributed by atoms with Crippen molar-refractivity contribution in [3.8, 4) is 5.75 Å². The molecule has 2 aromatic rings. The maximum atomic E-state index is 11.1. The van der Waals surface area contributed by atoms with Crippen LogP contribution in [0.15, 0.2) is 29.4 Å². The first kappa shape index (κ1) is 13.8. The van der Waals surface area contributed by atoms with E-state index in [1.807, 2.05) is 0 Å². The maximum Gasteiger partial charge on any atom is 0.238 e. The normalized spacial score (nSPS) is 11.5. The van der Waals surface area contributed by atoms with Crippen molar-refractivity contribution in [2.24, 2.45) is 12.2 Å². The molecule has 2 rings (SSSR count).